The first kappa shape index (κ1) is 90.0. The zero-order chi connectivity index (χ0) is 66.9. The van der Waals surface area contributed by atoms with Gasteiger partial charge in [-0.05, 0) is 77.0 Å². The molecule has 0 saturated carbocycles. The second-order valence-corrected chi connectivity index (χ2v) is 30.2. The smallest absolute Gasteiger partial charge is 0.306 e. The molecule has 542 valence electrons. The molecule has 0 rings (SSSR count). The van der Waals surface area contributed by atoms with E-state index in [4.69, 9.17) is 18.5 Å². The average molecular weight is 1320 g/mol. The van der Waals surface area contributed by atoms with E-state index < -0.39 is 26.5 Å². The summed E-state index contributed by atoms with van der Waals surface area (Å²) < 4.78 is 34.4. The number of nitrogens with zero attached hydrogens (tertiary/aromatic N) is 1. The first-order valence-corrected chi connectivity index (χ1v) is 41.8. The lowest BCUT2D eigenvalue weighted by molar-refractivity contribution is -0.870. The molecule has 0 aliphatic heterocycles. The van der Waals surface area contributed by atoms with Gasteiger partial charge in [-0.2, -0.15) is 0 Å². The summed E-state index contributed by atoms with van der Waals surface area (Å²) in [6, 6.07) is 0. The lowest BCUT2D eigenvalue weighted by Crippen LogP contribution is -2.37. The minimum Gasteiger partial charge on any atom is -0.756 e. The maximum Gasteiger partial charge on any atom is 0.306 e. The maximum atomic E-state index is 12.9. The van der Waals surface area contributed by atoms with Gasteiger partial charge in [0.1, 0.15) is 19.8 Å². The molecule has 92 heavy (non-hydrogen) atoms. The summed E-state index contributed by atoms with van der Waals surface area (Å²) in [4.78, 5) is 38.2. The summed E-state index contributed by atoms with van der Waals surface area (Å²) in [5.74, 6) is -0.809. The highest BCUT2D eigenvalue weighted by molar-refractivity contribution is 7.45. The van der Waals surface area contributed by atoms with E-state index in [-0.39, 0.29) is 32.0 Å². The third kappa shape index (κ3) is 77.0. The molecule has 0 fully saturated rings. The Labute approximate surface area is 573 Å². The Morgan fingerprint density at radius 2 is 0.587 bits per heavy atom. The molecule has 0 bridgehead atoms. The fraction of sp³-hybridized carbons (Fsp3) is 0.878. The van der Waals surface area contributed by atoms with Crippen LogP contribution in [0.1, 0.15) is 412 Å². The lowest BCUT2D eigenvalue weighted by atomic mass is 10.0. The molecular weight excluding hydrogens is 1160 g/mol. The van der Waals surface area contributed by atoms with Crippen molar-refractivity contribution < 1.29 is 42.1 Å². The summed E-state index contributed by atoms with van der Waals surface area (Å²) in [5.41, 5.74) is 0. The van der Waals surface area contributed by atoms with Crippen LogP contribution < -0.4 is 4.89 Å². The number of allylic oxidation sites excluding steroid dienone is 8. The molecule has 2 atom stereocenters. The van der Waals surface area contributed by atoms with Crippen molar-refractivity contribution in [2.24, 2.45) is 0 Å². The monoisotopic (exact) mass is 1310 g/mol. The molecule has 0 aromatic rings. The molecule has 0 aromatic carbocycles. The summed E-state index contributed by atoms with van der Waals surface area (Å²) in [5, 5.41) is 0. The van der Waals surface area contributed by atoms with Gasteiger partial charge in [0, 0.05) is 12.8 Å². The number of quaternary nitrogens is 1. The Morgan fingerprint density at radius 3 is 0.880 bits per heavy atom. The summed E-state index contributed by atoms with van der Waals surface area (Å²) in [7, 11) is 1.19. The van der Waals surface area contributed by atoms with E-state index in [0.717, 1.165) is 44.9 Å². The number of rotatable bonds is 76. The Bertz CT molecular complexity index is 1690. The van der Waals surface area contributed by atoms with Crippen LogP contribution in [0.5, 0.6) is 0 Å². The zero-order valence-electron chi connectivity index (χ0n) is 62.0. The number of hydrogen-bond acceptors (Lipinski definition) is 8. The van der Waals surface area contributed by atoms with Gasteiger partial charge in [0.25, 0.3) is 7.82 Å². The number of likely N-dealkylation sites (N-methyl/N-ethyl adjacent to an activating group) is 1. The zero-order valence-corrected chi connectivity index (χ0v) is 62.9. The van der Waals surface area contributed by atoms with E-state index in [1.54, 1.807) is 0 Å². The van der Waals surface area contributed by atoms with E-state index in [9.17, 15) is 19.0 Å². The SMILES string of the molecule is CCCCCCC/C=C\C/C=C\C/C=C\CCCCCCCCCCCCCCCCCCCCCCCCCCCCC(=O)OC(COC(=O)CCCCCCCCCCCCCCCCC/C=C\CCCCCCCCCC)COP(=O)([O-])OCC[N+](C)(C)C. The number of esters is 2. The Morgan fingerprint density at radius 1 is 0.337 bits per heavy atom. The lowest BCUT2D eigenvalue weighted by Gasteiger charge is -2.28. The van der Waals surface area contributed by atoms with Crippen molar-refractivity contribution in [3.8, 4) is 0 Å². The van der Waals surface area contributed by atoms with Crippen LogP contribution in [0.4, 0.5) is 0 Å². The van der Waals surface area contributed by atoms with Gasteiger partial charge in [0.05, 0.1) is 27.7 Å². The van der Waals surface area contributed by atoms with Crippen LogP contribution >= 0.6 is 7.82 Å². The molecule has 0 aromatic heterocycles. The van der Waals surface area contributed by atoms with Crippen molar-refractivity contribution in [3.63, 3.8) is 0 Å². The minimum atomic E-state index is -4.64. The van der Waals surface area contributed by atoms with Gasteiger partial charge >= 0.3 is 11.9 Å². The fourth-order valence-corrected chi connectivity index (χ4v) is 12.9. The summed E-state index contributed by atoms with van der Waals surface area (Å²) in [6.07, 6.45) is 96.7. The van der Waals surface area contributed by atoms with Crippen molar-refractivity contribution in [1.82, 2.24) is 0 Å². The third-order valence-corrected chi connectivity index (χ3v) is 19.3. The number of carbonyl (C=O) groups excluding carboxylic acids is 2. The molecule has 0 spiro atoms. The Kier molecular flexibility index (Phi) is 71.6. The van der Waals surface area contributed by atoms with Gasteiger partial charge < -0.3 is 27.9 Å². The summed E-state index contributed by atoms with van der Waals surface area (Å²) >= 11 is 0. The van der Waals surface area contributed by atoms with Crippen LogP contribution in [-0.4, -0.2) is 70.0 Å². The van der Waals surface area contributed by atoms with Gasteiger partial charge in [-0.15, -0.1) is 0 Å². The van der Waals surface area contributed by atoms with Crippen molar-refractivity contribution in [2.45, 2.75) is 418 Å². The largest absolute Gasteiger partial charge is 0.756 e. The Balaban J connectivity index is 3.89. The van der Waals surface area contributed by atoms with Crippen LogP contribution in [0, 0.1) is 0 Å². The average Bonchev–Trinajstić information content (AvgIpc) is 2.23. The van der Waals surface area contributed by atoms with Gasteiger partial charge in [0.15, 0.2) is 6.10 Å². The minimum absolute atomic E-state index is 0.0278. The highest BCUT2D eigenvalue weighted by atomic mass is 31.2. The van der Waals surface area contributed by atoms with E-state index in [1.807, 2.05) is 21.1 Å². The van der Waals surface area contributed by atoms with Crippen molar-refractivity contribution in [2.75, 3.05) is 47.5 Å². The molecule has 0 N–H and O–H groups in total. The standard InChI is InChI=1S/C82H156NO8P/c1-6-8-10-12-14-16-18-20-22-24-26-28-30-32-34-35-36-37-38-39-40-41-42-43-44-45-46-47-49-51-53-55-57-59-61-63-65-67-69-71-73-75-82(85)91-80(79-90-92(86,87)89-77-76-83(3,4)5)78-88-81(84)74-72-70-68-66-64-62-60-58-56-54-52-50-48-33-31-29-27-25-23-21-19-17-15-13-11-9-7-2/h18,20,24-27,30,32,80H,6-17,19,21-23,28-29,31,33-79H2,1-5H3/b20-18-,26-24-,27-25-,32-30-. The number of ether oxygens (including phenoxy) is 2. The second kappa shape index (κ2) is 73.2. The fourth-order valence-electron chi connectivity index (χ4n) is 12.1. The van der Waals surface area contributed by atoms with Gasteiger partial charge in [0.2, 0.25) is 0 Å². The van der Waals surface area contributed by atoms with Crippen molar-refractivity contribution in [3.05, 3.63) is 48.6 Å². The van der Waals surface area contributed by atoms with Gasteiger partial charge in [-0.1, -0.05) is 371 Å². The molecule has 0 heterocycles. The van der Waals surface area contributed by atoms with E-state index in [2.05, 4.69) is 62.5 Å². The first-order chi connectivity index (χ1) is 45.0. The Hall–Kier alpha value is -2.03. The highest BCUT2D eigenvalue weighted by Gasteiger charge is 2.22. The number of phosphoric acid groups is 1. The topological polar surface area (TPSA) is 111 Å². The van der Waals surface area contributed by atoms with Gasteiger partial charge in [-0.25, -0.2) is 0 Å². The molecule has 9 nitrogen and oxygen atoms in total. The number of hydrogen-bond donors (Lipinski definition) is 0. The second-order valence-electron chi connectivity index (χ2n) is 28.8. The van der Waals surface area contributed by atoms with E-state index in [0.29, 0.717) is 17.4 Å². The van der Waals surface area contributed by atoms with Crippen LogP contribution in [0.15, 0.2) is 48.6 Å². The molecule has 0 saturated heterocycles. The summed E-state index contributed by atoms with van der Waals surface area (Å²) in [6.45, 7) is 4.30. The molecule has 0 aliphatic carbocycles. The molecule has 0 amide bonds. The van der Waals surface area contributed by atoms with E-state index >= 15 is 0 Å². The molecular formula is C82H156NO8P. The number of carbonyl (C=O) groups is 2. The predicted molar refractivity (Wildman–Crippen MR) is 397 cm³/mol. The quantitative estimate of drug-likeness (QED) is 0.0195. The molecule has 0 aliphatic rings. The number of unbranched alkanes of at least 4 members (excludes halogenated alkanes) is 54. The predicted octanol–water partition coefficient (Wildman–Crippen LogP) is 26.1. The van der Waals surface area contributed by atoms with Crippen LogP contribution in [0.3, 0.4) is 0 Å². The molecule has 2 unspecified atom stereocenters. The molecule has 10 heteroatoms. The van der Waals surface area contributed by atoms with E-state index in [1.165, 1.54) is 334 Å². The normalized spacial score (nSPS) is 13.2. The van der Waals surface area contributed by atoms with Crippen molar-refractivity contribution >= 4 is 19.8 Å². The first-order valence-electron chi connectivity index (χ1n) is 40.3. The van der Waals surface area contributed by atoms with Crippen molar-refractivity contribution in [1.29, 1.82) is 0 Å². The van der Waals surface area contributed by atoms with Crippen LogP contribution in [0.2, 0.25) is 0 Å². The van der Waals surface area contributed by atoms with Gasteiger partial charge in [-0.3, -0.25) is 14.2 Å². The molecule has 0 radical (unpaired) electrons. The third-order valence-electron chi connectivity index (χ3n) is 18.3. The highest BCUT2D eigenvalue weighted by Crippen LogP contribution is 2.38. The van der Waals surface area contributed by atoms with Crippen LogP contribution in [-0.2, 0) is 32.7 Å². The van der Waals surface area contributed by atoms with Crippen LogP contribution in [0.25, 0.3) is 0 Å². The maximum absolute atomic E-state index is 12.9. The number of phosphoric ester groups is 1.